The molecule has 4 atom stereocenters. The minimum absolute atomic E-state index is 0.0781. The van der Waals surface area contributed by atoms with Crippen molar-refractivity contribution in [3.63, 3.8) is 0 Å². The number of rotatable bonds is 5. The van der Waals surface area contributed by atoms with Crippen molar-refractivity contribution in [2.75, 3.05) is 13.1 Å². The van der Waals surface area contributed by atoms with Gasteiger partial charge in [0.2, 0.25) is 11.8 Å². The zero-order chi connectivity index (χ0) is 23.1. The van der Waals surface area contributed by atoms with E-state index in [4.69, 9.17) is 14.2 Å². The normalized spacial score (nSPS) is 27.0. The van der Waals surface area contributed by atoms with E-state index >= 15 is 0 Å². The molecule has 0 aromatic carbocycles. The molecule has 3 rings (SSSR count). The quantitative estimate of drug-likeness (QED) is 0.491. The van der Waals surface area contributed by atoms with E-state index in [0.29, 0.717) is 0 Å². The van der Waals surface area contributed by atoms with Crippen molar-refractivity contribution < 1.29 is 33.4 Å². The van der Waals surface area contributed by atoms with Gasteiger partial charge in [0.05, 0.1) is 30.1 Å². The fraction of sp³-hybridized carbons (Fsp3) is 0.714. The van der Waals surface area contributed by atoms with Crippen LogP contribution in [0.3, 0.4) is 0 Å². The maximum Gasteiger partial charge on any atom is 0.407 e. The van der Waals surface area contributed by atoms with Crippen molar-refractivity contribution in [1.82, 2.24) is 15.5 Å². The summed E-state index contributed by atoms with van der Waals surface area (Å²) in [6.07, 6.45) is 1.39. The number of hydrogen-bond donors (Lipinski definition) is 2. The number of nitrogens with one attached hydrogen (secondary N) is 2. The number of imide groups is 1. The zero-order valence-electron chi connectivity index (χ0n) is 18.8. The number of hydrogen-bond acceptors (Lipinski definition) is 7. The lowest BCUT2D eigenvalue weighted by atomic mass is 9.85. The maximum atomic E-state index is 13.1. The highest BCUT2D eigenvalue weighted by Crippen LogP contribution is 2.45. The molecule has 0 unspecified atom stereocenters. The van der Waals surface area contributed by atoms with Crippen LogP contribution in [0.15, 0.2) is 12.2 Å². The number of carbonyl (C=O) groups is 4. The van der Waals surface area contributed by atoms with Crippen LogP contribution in [0.1, 0.15) is 41.5 Å². The molecular formula is C21H31N3O7. The van der Waals surface area contributed by atoms with Crippen molar-refractivity contribution >= 4 is 24.0 Å². The largest absolute Gasteiger partial charge is 0.444 e. The van der Waals surface area contributed by atoms with Crippen molar-refractivity contribution in [3.8, 4) is 0 Å². The van der Waals surface area contributed by atoms with Gasteiger partial charge >= 0.3 is 12.2 Å². The Bertz CT molecular complexity index is 734. The first kappa shape index (κ1) is 23.1. The van der Waals surface area contributed by atoms with Gasteiger partial charge in [0.25, 0.3) is 0 Å². The van der Waals surface area contributed by atoms with E-state index < -0.39 is 53.5 Å². The van der Waals surface area contributed by atoms with Crippen LogP contribution in [0, 0.1) is 11.8 Å². The first-order valence-electron chi connectivity index (χ1n) is 10.4. The molecule has 3 aliphatic heterocycles. The highest BCUT2D eigenvalue weighted by atomic mass is 16.6. The Morgan fingerprint density at radius 2 is 1.29 bits per heavy atom. The summed E-state index contributed by atoms with van der Waals surface area (Å²) in [5.41, 5.74) is -1.40. The predicted octanol–water partition coefficient (Wildman–Crippen LogP) is 1.34. The molecule has 0 radical (unpaired) electrons. The summed E-state index contributed by atoms with van der Waals surface area (Å²) in [5, 5.41) is 5.17. The smallest absolute Gasteiger partial charge is 0.407 e. The molecule has 0 aromatic heterocycles. The van der Waals surface area contributed by atoms with E-state index in [0.717, 1.165) is 4.90 Å². The lowest BCUT2D eigenvalue weighted by Crippen LogP contribution is -2.54. The lowest BCUT2D eigenvalue weighted by Gasteiger charge is -2.29. The van der Waals surface area contributed by atoms with E-state index in [1.54, 1.807) is 53.7 Å². The average molecular weight is 437 g/mol. The summed E-state index contributed by atoms with van der Waals surface area (Å²) >= 11 is 0. The van der Waals surface area contributed by atoms with Crippen LogP contribution in [0.4, 0.5) is 9.59 Å². The molecule has 0 aliphatic carbocycles. The first-order chi connectivity index (χ1) is 14.3. The van der Waals surface area contributed by atoms with E-state index in [2.05, 4.69) is 10.6 Å². The fourth-order valence-electron chi connectivity index (χ4n) is 3.97. The SMILES string of the molecule is CC(C)(C)OC(=O)NCC(CNC(=O)OC(C)(C)C)N1C(=O)[C@@H]2[C@H](C1=O)[C@H]1C=C[C@H]2O1. The van der Waals surface area contributed by atoms with Gasteiger partial charge in [0, 0.05) is 13.1 Å². The molecule has 0 spiro atoms. The number of nitrogens with zero attached hydrogens (tertiary/aromatic N) is 1. The highest BCUT2D eigenvalue weighted by molar-refractivity contribution is 6.07. The maximum absolute atomic E-state index is 13.1. The minimum atomic E-state index is -0.801. The third-order valence-corrected chi connectivity index (χ3v) is 5.07. The van der Waals surface area contributed by atoms with Crippen LogP contribution >= 0.6 is 0 Å². The molecule has 172 valence electrons. The van der Waals surface area contributed by atoms with Gasteiger partial charge in [-0.15, -0.1) is 0 Å². The minimum Gasteiger partial charge on any atom is -0.444 e. The van der Waals surface area contributed by atoms with Gasteiger partial charge in [-0.25, -0.2) is 9.59 Å². The number of likely N-dealkylation sites (tertiary alicyclic amines) is 1. The molecule has 2 saturated heterocycles. The number of carbonyl (C=O) groups excluding carboxylic acids is 4. The number of alkyl carbamates (subject to hydrolysis) is 2. The molecule has 3 aliphatic rings. The van der Waals surface area contributed by atoms with Crippen molar-refractivity contribution in [1.29, 1.82) is 0 Å². The zero-order valence-corrected chi connectivity index (χ0v) is 18.8. The van der Waals surface area contributed by atoms with Gasteiger partial charge < -0.3 is 24.8 Å². The third kappa shape index (κ3) is 5.17. The van der Waals surface area contributed by atoms with Gasteiger partial charge in [0.1, 0.15) is 11.2 Å². The molecule has 2 N–H and O–H groups in total. The van der Waals surface area contributed by atoms with Crippen LogP contribution in [0.5, 0.6) is 0 Å². The summed E-state index contributed by atoms with van der Waals surface area (Å²) in [6.45, 7) is 10.2. The summed E-state index contributed by atoms with van der Waals surface area (Å²) in [7, 11) is 0. The Labute approximate surface area is 181 Å². The Hall–Kier alpha value is -2.62. The van der Waals surface area contributed by atoms with Gasteiger partial charge in [-0.3, -0.25) is 14.5 Å². The summed E-state index contributed by atoms with van der Waals surface area (Å²) in [4.78, 5) is 51.5. The Morgan fingerprint density at radius 1 is 0.903 bits per heavy atom. The topological polar surface area (TPSA) is 123 Å². The van der Waals surface area contributed by atoms with Crippen molar-refractivity contribution in [2.24, 2.45) is 11.8 Å². The second kappa shape index (κ2) is 8.14. The van der Waals surface area contributed by atoms with Gasteiger partial charge in [-0.1, -0.05) is 12.2 Å². The van der Waals surface area contributed by atoms with Crippen LogP contribution in [-0.4, -0.2) is 71.4 Å². The van der Waals surface area contributed by atoms with Crippen molar-refractivity contribution in [2.45, 2.75) is 71.0 Å². The average Bonchev–Trinajstić information content (AvgIpc) is 3.27. The predicted molar refractivity (Wildman–Crippen MR) is 109 cm³/mol. The summed E-state index contributed by atoms with van der Waals surface area (Å²) < 4.78 is 16.1. The highest BCUT2D eigenvalue weighted by Gasteiger charge is 2.61. The van der Waals surface area contributed by atoms with Gasteiger partial charge in [0.15, 0.2) is 0 Å². The Balaban J connectivity index is 1.71. The molecule has 0 saturated carbocycles. The Morgan fingerprint density at radius 3 is 1.65 bits per heavy atom. The monoisotopic (exact) mass is 437 g/mol. The molecule has 0 aromatic rings. The molecular weight excluding hydrogens is 406 g/mol. The summed E-state index contributed by atoms with van der Waals surface area (Å²) in [5.74, 6) is -1.89. The van der Waals surface area contributed by atoms with E-state index in [1.165, 1.54) is 0 Å². The number of amides is 4. The second-order valence-electron chi connectivity index (χ2n) is 9.97. The third-order valence-electron chi connectivity index (χ3n) is 5.07. The molecule has 31 heavy (non-hydrogen) atoms. The molecule has 10 heteroatoms. The number of ether oxygens (including phenoxy) is 3. The summed E-state index contributed by atoms with van der Waals surface area (Å²) in [6, 6.07) is -0.801. The molecule has 10 nitrogen and oxygen atoms in total. The van der Waals surface area contributed by atoms with Crippen LogP contribution in [-0.2, 0) is 23.8 Å². The Kier molecular flexibility index (Phi) is 6.05. The van der Waals surface area contributed by atoms with E-state index in [-0.39, 0.29) is 24.9 Å². The second-order valence-corrected chi connectivity index (χ2v) is 9.97. The lowest BCUT2D eigenvalue weighted by molar-refractivity contribution is -0.145. The standard InChI is InChI=1S/C21H31N3O7/c1-20(2,3)30-18(27)22-9-11(10-23-19(28)31-21(4,5)6)24-16(25)14-12-7-8-13(29-12)15(14)17(24)26/h7-8,11-15H,9-10H2,1-6H3,(H,22,27)(H,23,28)/t12-,13-,14-,15+/m1/s1. The van der Waals surface area contributed by atoms with Crippen LogP contribution in [0.25, 0.3) is 0 Å². The van der Waals surface area contributed by atoms with Crippen LogP contribution < -0.4 is 10.6 Å². The molecule has 2 bridgehead atoms. The van der Waals surface area contributed by atoms with E-state index in [9.17, 15) is 19.2 Å². The first-order valence-corrected chi connectivity index (χ1v) is 10.4. The van der Waals surface area contributed by atoms with Gasteiger partial charge in [-0.2, -0.15) is 0 Å². The van der Waals surface area contributed by atoms with Crippen molar-refractivity contribution in [3.05, 3.63) is 12.2 Å². The molecule has 4 amide bonds. The van der Waals surface area contributed by atoms with Crippen LogP contribution in [0.2, 0.25) is 0 Å². The fourth-order valence-corrected chi connectivity index (χ4v) is 3.97. The van der Waals surface area contributed by atoms with Gasteiger partial charge in [-0.05, 0) is 41.5 Å². The molecule has 3 heterocycles. The molecule has 2 fully saturated rings. The van der Waals surface area contributed by atoms with E-state index in [1.807, 2.05) is 0 Å². The number of fused-ring (bicyclic) bond motifs is 5.